The Kier molecular flexibility index (Phi) is 7.84. The van der Waals surface area contributed by atoms with Crippen molar-refractivity contribution in [3.8, 4) is 0 Å². The first-order chi connectivity index (χ1) is 14.3. The average molecular weight is 442 g/mol. The molecule has 2 fully saturated rings. The maximum atomic E-state index is 13.8. The third-order valence-electron chi connectivity index (χ3n) is 6.15. The van der Waals surface area contributed by atoms with E-state index in [2.05, 4.69) is 9.62 Å². The average Bonchev–Trinajstić information content (AvgIpc) is 2.74. The van der Waals surface area contributed by atoms with Crippen LogP contribution >= 0.6 is 0 Å². The first-order valence-electron chi connectivity index (χ1n) is 10.6. The molecule has 1 N–H and O–H groups in total. The molecule has 0 aromatic heterocycles. The number of nitrogens with one attached hydrogen (secondary N) is 1. The topological polar surface area (TPSA) is 79.0 Å². The number of piperidine rings is 1. The second kappa shape index (κ2) is 10.2. The van der Waals surface area contributed by atoms with Crippen molar-refractivity contribution in [1.82, 2.24) is 14.5 Å². The zero-order valence-corrected chi connectivity index (χ0v) is 18.6. The van der Waals surface area contributed by atoms with Crippen LogP contribution in [-0.4, -0.2) is 75.6 Å². The summed E-state index contributed by atoms with van der Waals surface area (Å²) >= 11 is 0. The fourth-order valence-corrected chi connectivity index (χ4v) is 5.36. The van der Waals surface area contributed by atoms with Gasteiger partial charge in [-0.3, -0.25) is 9.69 Å². The second-order valence-electron chi connectivity index (χ2n) is 8.13. The van der Waals surface area contributed by atoms with E-state index in [0.29, 0.717) is 37.4 Å². The summed E-state index contributed by atoms with van der Waals surface area (Å²) in [6.07, 6.45) is 3.60. The van der Waals surface area contributed by atoms with Gasteiger partial charge in [0.2, 0.25) is 15.9 Å². The lowest BCUT2D eigenvalue weighted by Crippen LogP contribution is -2.53. The van der Waals surface area contributed by atoms with Crippen molar-refractivity contribution >= 4 is 15.9 Å². The molecule has 0 atom stereocenters. The van der Waals surface area contributed by atoms with Crippen molar-refractivity contribution in [3.63, 3.8) is 0 Å². The molecule has 7 nitrogen and oxygen atoms in total. The predicted octanol–water partition coefficient (Wildman–Crippen LogP) is 1.90. The summed E-state index contributed by atoms with van der Waals surface area (Å²) in [6.45, 7) is 6.90. The summed E-state index contributed by atoms with van der Waals surface area (Å²) in [4.78, 5) is 15.8. The lowest BCUT2D eigenvalue weighted by atomic mass is 9.98. The molecule has 0 radical (unpaired) electrons. The van der Waals surface area contributed by atoms with E-state index in [-0.39, 0.29) is 17.3 Å². The van der Waals surface area contributed by atoms with Crippen molar-refractivity contribution in [3.05, 3.63) is 29.6 Å². The smallest absolute Gasteiger partial charge is 0.240 e. The molecule has 9 heteroatoms. The number of carbonyl (C=O) groups is 1. The van der Waals surface area contributed by atoms with Gasteiger partial charge in [0.25, 0.3) is 0 Å². The number of halogens is 1. The molecular weight excluding hydrogens is 409 g/mol. The molecule has 0 spiro atoms. The van der Waals surface area contributed by atoms with Gasteiger partial charge in [0, 0.05) is 58.4 Å². The van der Waals surface area contributed by atoms with Crippen LogP contribution in [0.15, 0.2) is 23.1 Å². The third kappa shape index (κ3) is 5.78. The maximum Gasteiger partial charge on any atom is 0.240 e. The van der Waals surface area contributed by atoms with Crippen LogP contribution < -0.4 is 4.72 Å². The molecule has 0 saturated carbocycles. The Balaban J connectivity index is 1.63. The van der Waals surface area contributed by atoms with E-state index < -0.39 is 15.8 Å². The van der Waals surface area contributed by atoms with Crippen LogP contribution in [-0.2, 0) is 19.6 Å². The Hall–Kier alpha value is -1.55. The number of carbonyl (C=O) groups excluding carboxylic acids is 1. The summed E-state index contributed by atoms with van der Waals surface area (Å²) in [5.74, 6) is -0.428. The number of hydrogen-bond donors (Lipinski definition) is 1. The SMILES string of the molecule is CC(=O)N1CCC(N(CCNS(=O)(=O)c2ccc(C)c(F)c2)C2CCOCC2)CC1. The molecule has 2 aliphatic rings. The van der Waals surface area contributed by atoms with Gasteiger partial charge >= 0.3 is 0 Å². The molecule has 1 aromatic rings. The van der Waals surface area contributed by atoms with Gasteiger partial charge in [-0.1, -0.05) is 6.07 Å². The van der Waals surface area contributed by atoms with Crippen LogP contribution in [0.25, 0.3) is 0 Å². The van der Waals surface area contributed by atoms with Crippen molar-refractivity contribution in [1.29, 1.82) is 0 Å². The summed E-state index contributed by atoms with van der Waals surface area (Å²) in [5.41, 5.74) is 0.413. The van der Waals surface area contributed by atoms with Crippen LogP contribution in [0.1, 0.15) is 38.2 Å². The zero-order chi connectivity index (χ0) is 21.7. The van der Waals surface area contributed by atoms with Crippen LogP contribution in [0.5, 0.6) is 0 Å². The minimum atomic E-state index is -3.77. The summed E-state index contributed by atoms with van der Waals surface area (Å²) in [7, 11) is -3.77. The molecule has 30 heavy (non-hydrogen) atoms. The van der Waals surface area contributed by atoms with Crippen molar-refractivity contribution in [2.45, 2.75) is 56.5 Å². The van der Waals surface area contributed by atoms with Gasteiger partial charge in [0.1, 0.15) is 5.82 Å². The van der Waals surface area contributed by atoms with E-state index in [1.165, 1.54) is 12.1 Å². The van der Waals surface area contributed by atoms with Crippen molar-refractivity contribution < 1.29 is 22.3 Å². The quantitative estimate of drug-likeness (QED) is 0.699. The Morgan fingerprint density at radius 2 is 1.83 bits per heavy atom. The lowest BCUT2D eigenvalue weighted by Gasteiger charge is -2.43. The Labute approximate surface area is 178 Å². The van der Waals surface area contributed by atoms with Gasteiger partial charge in [-0.05, 0) is 50.3 Å². The summed E-state index contributed by atoms with van der Waals surface area (Å²) in [5, 5.41) is 0. The molecule has 0 unspecified atom stereocenters. The zero-order valence-electron chi connectivity index (χ0n) is 17.8. The third-order valence-corrected chi connectivity index (χ3v) is 7.61. The number of amides is 1. The highest BCUT2D eigenvalue weighted by molar-refractivity contribution is 7.89. The van der Waals surface area contributed by atoms with Crippen molar-refractivity contribution in [2.24, 2.45) is 0 Å². The van der Waals surface area contributed by atoms with E-state index in [1.54, 1.807) is 13.8 Å². The molecular formula is C21H32FN3O4S. The maximum absolute atomic E-state index is 13.8. The largest absolute Gasteiger partial charge is 0.381 e. The van der Waals surface area contributed by atoms with E-state index in [0.717, 1.165) is 44.8 Å². The van der Waals surface area contributed by atoms with E-state index in [4.69, 9.17) is 4.74 Å². The molecule has 1 aromatic carbocycles. The standard InChI is InChI=1S/C21H32FN3O4S/c1-16-3-4-20(15-21(16)22)30(27,28)23-9-12-25(19-7-13-29-14-8-19)18-5-10-24(11-6-18)17(2)26/h3-4,15,18-19,23H,5-14H2,1-2H3. The molecule has 0 aliphatic carbocycles. The van der Waals surface area contributed by atoms with Gasteiger partial charge in [-0.2, -0.15) is 0 Å². The Morgan fingerprint density at radius 1 is 1.20 bits per heavy atom. The first kappa shape index (κ1) is 23.1. The van der Waals surface area contributed by atoms with Gasteiger partial charge < -0.3 is 9.64 Å². The van der Waals surface area contributed by atoms with Crippen molar-refractivity contribution in [2.75, 3.05) is 39.4 Å². The van der Waals surface area contributed by atoms with Gasteiger partial charge in [0.05, 0.1) is 4.90 Å². The minimum Gasteiger partial charge on any atom is -0.381 e. The minimum absolute atomic E-state index is 0.0574. The number of sulfonamides is 1. The number of aryl methyl sites for hydroxylation is 1. The summed E-state index contributed by atoms with van der Waals surface area (Å²) < 4.78 is 47.1. The van der Waals surface area contributed by atoms with Crippen LogP contribution in [0.4, 0.5) is 4.39 Å². The molecule has 168 valence electrons. The molecule has 2 heterocycles. The molecule has 2 aliphatic heterocycles. The van der Waals surface area contributed by atoms with Gasteiger partial charge in [0.15, 0.2) is 0 Å². The normalized spacial score (nSPS) is 19.4. The number of rotatable bonds is 7. The monoisotopic (exact) mass is 441 g/mol. The lowest BCUT2D eigenvalue weighted by molar-refractivity contribution is -0.130. The predicted molar refractivity (Wildman–Crippen MR) is 112 cm³/mol. The highest BCUT2D eigenvalue weighted by atomic mass is 32.2. The molecule has 0 bridgehead atoms. The van der Waals surface area contributed by atoms with Gasteiger partial charge in [-0.25, -0.2) is 17.5 Å². The fraction of sp³-hybridized carbons (Fsp3) is 0.667. The van der Waals surface area contributed by atoms with Crippen LogP contribution in [0.3, 0.4) is 0 Å². The Morgan fingerprint density at radius 3 is 2.43 bits per heavy atom. The molecule has 2 saturated heterocycles. The fourth-order valence-electron chi connectivity index (χ4n) is 4.33. The van der Waals surface area contributed by atoms with Gasteiger partial charge in [-0.15, -0.1) is 0 Å². The number of likely N-dealkylation sites (tertiary alicyclic amines) is 1. The van der Waals surface area contributed by atoms with Crippen LogP contribution in [0, 0.1) is 12.7 Å². The Bertz CT molecular complexity index is 835. The second-order valence-corrected chi connectivity index (χ2v) is 9.89. The molecule has 3 rings (SSSR count). The summed E-state index contributed by atoms with van der Waals surface area (Å²) in [6, 6.07) is 4.61. The highest BCUT2D eigenvalue weighted by Crippen LogP contribution is 2.24. The number of hydrogen-bond acceptors (Lipinski definition) is 5. The first-order valence-corrected chi connectivity index (χ1v) is 12.1. The van der Waals surface area contributed by atoms with Crippen LogP contribution in [0.2, 0.25) is 0 Å². The van der Waals surface area contributed by atoms with E-state index in [9.17, 15) is 17.6 Å². The van der Waals surface area contributed by atoms with E-state index in [1.807, 2.05) is 4.90 Å². The number of ether oxygens (including phenoxy) is 1. The van der Waals surface area contributed by atoms with E-state index >= 15 is 0 Å². The number of benzene rings is 1. The molecule has 1 amide bonds. The number of nitrogens with zero attached hydrogens (tertiary/aromatic N) is 2. The highest BCUT2D eigenvalue weighted by Gasteiger charge is 2.31.